The maximum Gasteiger partial charge on any atom is 0.416 e. The molecule has 1 fully saturated rings. The standard InChI is InChI=1S/C17H20F3NO4/c1-16(2,3)25-15(24)21-8-12(13(9-21)14(22)23)10-4-6-11(7-5-10)17(18,19)20/h4-7,12-13H,8-9H2,1-3H3,(H,22,23)/t12-,13-/m0/s1. The van der Waals surface area contributed by atoms with Crippen molar-refractivity contribution in [3.05, 3.63) is 35.4 Å². The van der Waals surface area contributed by atoms with Gasteiger partial charge in [-0.05, 0) is 38.5 Å². The smallest absolute Gasteiger partial charge is 0.416 e. The Labute approximate surface area is 143 Å². The number of benzene rings is 1. The van der Waals surface area contributed by atoms with Gasteiger partial charge in [0.2, 0.25) is 0 Å². The number of rotatable bonds is 2. The minimum atomic E-state index is -4.46. The third kappa shape index (κ3) is 4.64. The van der Waals surface area contributed by atoms with Crippen LogP contribution in [0.25, 0.3) is 0 Å². The lowest BCUT2D eigenvalue weighted by atomic mass is 9.88. The first-order valence-electron chi connectivity index (χ1n) is 7.76. The lowest BCUT2D eigenvalue weighted by molar-refractivity contribution is -0.141. The highest BCUT2D eigenvalue weighted by atomic mass is 19.4. The fourth-order valence-electron chi connectivity index (χ4n) is 2.79. The average molecular weight is 359 g/mol. The monoisotopic (exact) mass is 359 g/mol. The third-order valence-electron chi connectivity index (χ3n) is 3.95. The Bertz CT molecular complexity index is 649. The Morgan fingerprint density at radius 1 is 1.12 bits per heavy atom. The summed E-state index contributed by atoms with van der Waals surface area (Å²) < 4.78 is 43.2. The van der Waals surface area contributed by atoms with E-state index < -0.39 is 41.2 Å². The van der Waals surface area contributed by atoms with Gasteiger partial charge >= 0.3 is 18.2 Å². The number of carboxylic acids is 1. The number of aliphatic carboxylic acids is 1. The Balaban J connectivity index is 2.21. The normalized spacial score (nSPS) is 21.3. The highest BCUT2D eigenvalue weighted by Crippen LogP contribution is 2.36. The minimum absolute atomic E-state index is 0.0457. The van der Waals surface area contributed by atoms with Crippen molar-refractivity contribution in [2.75, 3.05) is 13.1 Å². The van der Waals surface area contributed by atoms with E-state index in [0.29, 0.717) is 5.56 Å². The molecule has 1 aliphatic heterocycles. The number of ether oxygens (including phenoxy) is 1. The van der Waals surface area contributed by atoms with Crippen molar-refractivity contribution in [1.82, 2.24) is 4.90 Å². The first-order valence-corrected chi connectivity index (χ1v) is 7.76. The van der Waals surface area contributed by atoms with Crippen LogP contribution in [0.4, 0.5) is 18.0 Å². The number of alkyl halides is 3. The van der Waals surface area contributed by atoms with Crippen LogP contribution in [0.2, 0.25) is 0 Å². The van der Waals surface area contributed by atoms with Crippen molar-refractivity contribution in [3.8, 4) is 0 Å². The zero-order valence-electron chi connectivity index (χ0n) is 14.1. The van der Waals surface area contributed by atoms with Crippen molar-refractivity contribution in [2.24, 2.45) is 5.92 Å². The summed E-state index contributed by atoms with van der Waals surface area (Å²) in [6.07, 6.45) is -5.09. The molecule has 1 heterocycles. The Hall–Kier alpha value is -2.25. The molecule has 0 saturated carbocycles. The van der Waals surface area contributed by atoms with Crippen molar-refractivity contribution in [2.45, 2.75) is 38.5 Å². The largest absolute Gasteiger partial charge is 0.481 e. The molecule has 0 bridgehead atoms. The Morgan fingerprint density at radius 3 is 2.12 bits per heavy atom. The molecule has 8 heteroatoms. The van der Waals surface area contributed by atoms with Gasteiger partial charge in [-0.1, -0.05) is 12.1 Å². The predicted molar refractivity (Wildman–Crippen MR) is 83.1 cm³/mol. The maximum absolute atomic E-state index is 12.7. The van der Waals surface area contributed by atoms with Gasteiger partial charge in [-0.15, -0.1) is 0 Å². The predicted octanol–water partition coefficient (Wildman–Crippen LogP) is 3.74. The number of amides is 1. The molecule has 5 nitrogen and oxygen atoms in total. The third-order valence-corrected chi connectivity index (χ3v) is 3.95. The second kappa shape index (κ2) is 6.57. The van der Waals surface area contributed by atoms with E-state index >= 15 is 0 Å². The number of carbonyl (C=O) groups excluding carboxylic acids is 1. The summed E-state index contributed by atoms with van der Waals surface area (Å²) in [6, 6.07) is 4.37. The highest BCUT2D eigenvalue weighted by Gasteiger charge is 2.42. The van der Waals surface area contributed by atoms with Crippen LogP contribution in [0.1, 0.15) is 37.8 Å². The zero-order chi connectivity index (χ0) is 19.0. The van der Waals surface area contributed by atoms with Crippen LogP contribution in [0, 0.1) is 5.92 Å². The molecular weight excluding hydrogens is 339 g/mol. The minimum Gasteiger partial charge on any atom is -0.481 e. The summed E-state index contributed by atoms with van der Waals surface area (Å²) in [6.45, 7) is 5.13. The van der Waals surface area contributed by atoms with Gasteiger partial charge in [0.15, 0.2) is 0 Å². The van der Waals surface area contributed by atoms with E-state index in [0.717, 1.165) is 12.1 Å². The molecule has 1 saturated heterocycles. The SMILES string of the molecule is CC(C)(C)OC(=O)N1C[C@H](C(=O)O)[C@H](c2ccc(C(F)(F)F)cc2)C1. The van der Waals surface area contributed by atoms with Gasteiger partial charge in [0.1, 0.15) is 5.60 Å². The summed E-state index contributed by atoms with van der Waals surface area (Å²) in [7, 11) is 0. The molecule has 0 aliphatic carbocycles. The number of hydrogen-bond acceptors (Lipinski definition) is 3. The van der Waals surface area contributed by atoms with E-state index in [-0.39, 0.29) is 13.1 Å². The molecule has 1 aliphatic rings. The lowest BCUT2D eigenvalue weighted by Crippen LogP contribution is -2.35. The number of carbonyl (C=O) groups is 2. The molecule has 0 radical (unpaired) electrons. The molecule has 0 aromatic heterocycles. The molecule has 1 aromatic rings. The van der Waals surface area contributed by atoms with Crippen molar-refractivity contribution < 1.29 is 32.6 Å². The van der Waals surface area contributed by atoms with E-state index in [9.17, 15) is 27.9 Å². The van der Waals surface area contributed by atoms with Crippen molar-refractivity contribution in [1.29, 1.82) is 0 Å². The molecule has 2 rings (SSSR count). The average Bonchev–Trinajstić information content (AvgIpc) is 2.90. The van der Waals surface area contributed by atoms with Gasteiger partial charge in [-0.3, -0.25) is 4.79 Å². The second-order valence-corrected chi connectivity index (χ2v) is 7.06. The number of nitrogens with zero attached hydrogens (tertiary/aromatic N) is 1. The lowest BCUT2D eigenvalue weighted by Gasteiger charge is -2.24. The van der Waals surface area contributed by atoms with E-state index in [2.05, 4.69) is 0 Å². The van der Waals surface area contributed by atoms with E-state index in [1.165, 1.54) is 17.0 Å². The number of carboxylic acid groups (broad SMARTS) is 1. The van der Waals surface area contributed by atoms with Crippen molar-refractivity contribution >= 4 is 12.1 Å². The molecule has 1 N–H and O–H groups in total. The Kier molecular flexibility index (Phi) is 5.02. The van der Waals surface area contributed by atoms with Crippen LogP contribution in [0.15, 0.2) is 24.3 Å². The quantitative estimate of drug-likeness (QED) is 0.874. The van der Waals surface area contributed by atoms with Gasteiger partial charge in [-0.2, -0.15) is 13.2 Å². The topological polar surface area (TPSA) is 66.8 Å². The molecule has 2 atom stereocenters. The fourth-order valence-corrected chi connectivity index (χ4v) is 2.79. The summed E-state index contributed by atoms with van der Waals surface area (Å²) in [5.74, 6) is -2.59. The van der Waals surface area contributed by atoms with Gasteiger partial charge in [0.25, 0.3) is 0 Å². The van der Waals surface area contributed by atoms with Crippen molar-refractivity contribution in [3.63, 3.8) is 0 Å². The zero-order valence-corrected chi connectivity index (χ0v) is 14.1. The van der Waals surface area contributed by atoms with Crippen LogP contribution in [-0.2, 0) is 15.7 Å². The van der Waals surface area contributed by atoms with E-state index in [1.54, 1.807) is 20.8 Å². The van der Waals surface area contributed by atoms with Gasteiger partial charge in [-0.25, -0.2) is 4.79 Å². The Morgan fingerprint density at radius 2 is 1.68 bits per heavy atom. The van der Waals surface area contributed by atoms with Crippen LogP contribution < -0.4 is 0 Å². The number of halogens is 3. The number of hydrogen-bond donors (Lipinski definition) is 1. The van der Waals surface area contributed by atoms with Crippen LogP contribution in [0.3, 0.4) is 0 Å². The summed E-state index contributed by atoms with van der Waals surface area (Å²) in [5.41, 5.74) is -1.07. The van der Waals surface area contributed by atoms with Crippen LogP contribution >= 0.6 is 0 Å². The molecule has 1 aromatic carbocycles. The molecule has 138 valence electrons. The first-order chi connectivity index (χ1) is 11.4. The molecular formula is C17H20F3NO4. The van der Waals surface area contributed by atoms with Gasteiger partial charge in [0.05, 0.1) is 11.5 Å². The molecule has 0 spiro atoms. The van der Waals surface area contributed by atoms with Crippen LogP contribution in [-0.4, -0.2) is 40.8 Å². The van der Waals surface area contributed by atoms with Gasteiger partial charge in [0, 0.05) is 19.0 Å². The molecule has 1 amide bonds. The highest BCUT2D eigenvalue weighted by molar-refractivity contribution is 5.76. The fraction of sp³-hybridized carbons (Fsp3) is 0.529. The molecule has 25 heavy (non-hydrogen) atoms. The first kappa shape index (κ1) is 19.1. The molecule has 0 unspecified atom stereocenters. The summed E-state index contributed by atoms with van der Waals surface area (Å²) in [4.78, 5) is 24.9. The summed E-state index contributed by atoms with van der Waals surface area (Å²) in [5, 5.41) is 9.40. The van der Waals surface area contributed by atoms with Crippen LogP contribution in [0.5, 0.6) is 0 Å². The second-order valence-electron chi connectivity index (χ2n) is 7.06. The number of likely N-dealkylation sites (tertiary alicyclic amines) is 1. The summed E-state index contributed by atoms with van der Waals surface area (Å²) >= 11 is 0. The van der Waals surface area contributed by atoms with E-state index in [1.807, 2.05) is 0 Å². The van der Waals surface area contributed by atoms with E-state index in [4.69, 9.17) is 4.74 Å². The van der Waals surface area contributed by atoms with Gasteiger partial charge < -0.3 is 14.7 Å². The maximum atomic E-state index is 12.7.